The van der Waals surface area contributed by atoms with Crippen molar-refractivity contribution >= 4 is 0 Å². The number of rotatable bonds is 0. The smallest absolute Gasteiger partial charge is 0.0402 e. The van der Waals surface area contributed by atoms with E-state index in [0.717, 1.165) is 26.2 Å². The third kappa shape index (κ3) is 10.8. The van der Waals surface area contributed by atoms with E-state index in [9.17, 15) is 0 Å². The van der Waals surface area contributed by atoms with Gasteiger partial charge in [0.25, 0.3) is 0 Å². The van der Waals surface area contributed by atoms with Crippen molar-refractivity contribution in [3.8, 4) is 0 Å². The Bertz CT molecular complexity index is 37.5. The topological polar surface area (TPSA) is 75.8 Å². The maximum Gasteiger partial charge on any atom is 0.0402 e. The fraction of sp³-hybridized carbons (Fsp3) is 1.00. The fourth-order valence-corrected chi connectivity index (χ4v) is 0.604. The van der Waals surface area contributed by atoms with E-state index in [1.54, 1.807) is 6.92 Å². The van der Waals surface area contributed by atoms with Crippen LogP contribution < -0.4 is 10.6 Å². The van der Waals surface area contributed by atoms with E-state index in [4.69, 9.17) is 5.11 Å². The van der Waals surface area contributed by atoms with Gasteiger partial charge in [-0.15, -0.1) is 0 Å². The molecule has 4 heteroatoms. The molecule has 0 radical (unpaired) electrons. The van der Waals surface area contributed by atoms with Crippen molar-refractivity contribution < 1.29 is 10.6 Å². The van der Waals surface area contributed by atoms with Crippen molar-refractivity contribution in [2.75, 3.05) is 32.8 Å². The van der Waals surface area contributed by atoms with Crippen molar-refractivity contribution in [1.29, 1.82) is 0 Å². The zero-order valence-corrected chi connectivity index (χ0v) is 6.48. The van der Waals surface area contributed by atoms with Gasteiger partial charge in [-0.25, -0.2) is 0 Å². The summed E-state index contributed by atoms with van der Waals surface area (Å²) in [6.45, 7) is 6.49. The second-order valence-electron chi connectivity index (χ2n) is 1.82. The molecule has 0 aliphatic carbocycles. The van der Waals surface area contributed by atoms with Crippen LogP contribution in [-0.4, -0.2) is 43.4 Å². The molecule has 0 spiro atoms. The van der Waals surface area contributed by atoms with Crippen LogP contribution in [0.2, 0.25) is 0 Å². The molecule has 1 heterocycles. The Morgan fingerprint density at radius 2 is 1.30 bits per heavy atom. The Hall–Kier alpha value is -0.160. The molecule has 0 aromatic rings. The Balaban J connectivity index is 0. The van der Waals surface area contributed by atoms with Gasteiger partial charge in [0, 0.05) is 32.8 Å². The Kier molecular flexibility index (Phi) is 14.5. The van der Waals surface area contributed by atoms with Crippen molar-refractivity contribution in [2.24, 2.45) is 0 Å². The molecule has 1 saturated heterocycles. The summed E-state index contributed by atoms with van der Waals surface area (Å²) in [5, 5.41) is 14.0. The van der Waals surface area contributed by atoms with Crippen molar-refractivity contribution in [3.05, 3.63) is 0 Å². The predicted molar refractivity (Wildman–Crippen MR) is 42.1 cm³/mol. The molecule has 0 unspecified atom stereocenters. The minimum atomic E-state index is 0. The molecule has 0 aromatic carbocycles. The van der Waals surface area contributed by atoms with Crippen LogP contribution in [-0.2, 0) is 0 Å². The molecule has 0 aromatic heterocycles. The van der Waals surface area contributed by atoms with Crippen LogP contribution in [0.1, 0.15) is 6.92 Å². The molecule has 5 N–H and O–H groups in total. The number of hydrogen-bond acceptors (Lipinski definition) is 3. The quantitative estimate of drug-likeness (QED) is 0.387. The maximum atomic E-state index is 7.57. The molecule has 1 aliphatic heterocycles. The van der Waals surface area contributed by atoms with E-state index in [-0.39, 0.29) is 12.1 Å². The van der Waals surface area contributed by atoms with E-state index in [0.29, 0.717) is 0 Å². The monoisotopic (exact) mass is 150 g/mol. The number of nitrogens with one attached hydrogen (secondary N) is 2. The van der Waals surface area contributed by atoms with Crippen LogP contribution in [0.3, 0.4) is 0 Å². The number of hydrogen-bond donors (Lipinski definition) is 3. The molecule has 64 valence electrons. The van der Waals surface area contributed by atoms with Gasteiger partial charge in [-0.05, 0) is 6.92 Å². The molecule has 1 rings (SSSR count). The lowest BCUT2D eigenvalue weighted by Crippen LogP contribution is -2.39. The highest BCUT2D eigenvalue weighted by atomic mass is 16.2. The van der Waals surface area contributed by atoms with Gasteiger partial charge in [0.15, 0.2) is 0 Å². The van der Waals surface area contributed by atoms with Gasteiger partial charge in [0.05, 0.1) is 0 Å². The van der Waals surface area contributed by atoms with Crippen LogP contribution in [0, 0.1) is 0 Å². The second-order valence-corrected chi connectivity index (χ2v) is 1.82. The van der Waals surface area contributed by atoms with Crippen molar-refractivity contribution in [2.45, 2.75) is 6.92 Å². The molecule has 0 saturated carbocycles. The van der Waals surface area contributed by atoms with E-state index in [1.165, 1.54) is 0 Å². The molecule has 1 aliphatic rings. The number of aliphatic hydroxyl groups excluding tert-OH is 1. The lowest BCUT2D eigenvalue weighted by atomic mass is 10.4. The lowest BCUT2D eigenvalue weighted by Gasteiger charge is -2.11. The van der Waals surface area contributed by atoms with Crippen LogP contribution >= 0.6 is 0 Å². The van der Waals surface area contributed by atoms with E-state index < -0.39 is 0 Å². The summed E-state index contributed by atoms with van der Waals surface area (Å²) in [6, 6.07) is 0. The first kappa shape index (κ1) is 12.5. The average molecular weight is 150 g/mol. The molecular weight excluding hydrogens is 132 g/mol. The number of piperazine rings is 1. The normalized spacial score (nSPS) is 16.2. The van der Waals surface area contributed by atoms with Crippen LogP contribution in [0.5, 0.6) is 0 Å². The van der Waals surface area contributed by atoms with Crippen molar-refractivity contribution in [3.63, 3.8) is 0 Å². The highest BCUT2D eigenvalue weighted by molar-refractivity contribution is 4.59. The molecular formula is C6H18N2O2. The van der Waals surface area contributed by atoms with Gasteiger partial charge in [-0.1, -0.05) is 0 Å². The first-order valence-electron chi connectivity index (χ1n) is 3.44. The molecule has 0 bridgehead atoms. The van der Waals surface area contributed by atoms with Gasteiger partial charge in [0.1, 0.15) is 0 Å². The van der Waals surface area contributed by atoms with Crippen LogP contribution in [0.25, 0.3) is 0 Å². The van der Waals surface area contributed by atoms with E-state index in [1.807, 2.05) is 0 Å². The molecule has 0 atom stereocenters. The minimum Gasteiger partial charge on any atom is -0.412 e. The van der Waals surface area contributed by atoms with Gasteiger partial charge in [0.2, 0.25) is 0 Å². The van der Waals surface area contributed by atoms with Crippen LogP contribution in [0.4, 0.5) is 0 Å². The van der Waals surface area contributed by atoms with E-state index >= 15 is 0 Å². The lowest BCUT2D eigenvalue weighted by molar-refractivity contribution is 0.318. The highest BCUT2D eigenvalue weighted by Gasteiger charge is 1.91. The zero-order valence-electron chi connectivity index (χ0n) is 6.48. The number of aliphatic hydroxyl groups is 1. The van der Waals surface area contributed by atoms with E-state index in [2.05, 4.69) is 10.6 Å². The summed E-state index contributed by atoms with van der Waals surface area (Å²) in [4.78, 5) is 0. The summed E-state index contributed by atoms with van der Waals surface area (Å²) in [5.74, 6) is 0. The molecule has 4 nitrogen and oxygen atoms in total. The fourth-order valence-electron chi connectivity index (χ4n) is 0.604. The maximum absolute atomic E-state index is 7.57. The molecule has 0 amide bonds. The second kappa shape index (κ2) is 11.6. The first-order chi connectivity index (χ1) is 4.41. The average Bonchev–Trinajstić information content (AvgIpc) is 1.93. The van der Waals surface area contributed by atoms with Crippen LogP contribution in [0.15, 0.2) is 0 Å². The summed E-state index contributed by atoms with van der Waals surface area (Å²) in [7, 11) is 0. The SMILES string of the molecule is C1CNCCN1.CCO.O. The summed E-state index contributed by atoms with van der Waals surface area (Å²) in [5.41, 5.74) is 0. The third-order valence-electron chi connectivity index (χ3n) is 0.957. The molecule has 10 heavy (non-hydrogen) atoms. The standard InChI is InChI=1S/C4H10N2.C2H6O.H2O/c1-2-6-4-3-5-1;1-2-3;/h5-6H,1-4H2;3H,2H2,1H3;1H2. The third-order valence-corrected chi connectivity index (χ3v) is 0.957. The van der Waals surface area contributed by atoms with Crippen molar-refractivity contribution in [1.82, 2.24) is 10.6 Å². The van der Waals surface area contributed by atoms with Gasteiger partial charge >= 0.3 is 0 Å². The predicted octanol–water partition coefficient (Wildman–Crippen LogP) is -1.65. The summed E-state index contributed by atoms with van der Waals surface area (Å²) in [6.07, 6.45) is 0. The highest BCUT2D eigenvalue weighted by Crippen LogP contribution is 1.65. The first-order valence-corrected chi connectivity index (χ1v) is 3.44. The van der Waals surface area contributed by atoms with Gasteiger partial charge in [-0.2, -0.15) is 0 Å². The molecule has 1 fully saturated rings. The summed E-state index contributed by atoms with van der Waals surface area (Å²) < 4.78 is 0. The Morgan fingerprint density at radius 1 is 1.10 bits per heavy atom. The Morgan fingerprint density at radius 3 is 1.40 bits per heavy atom. The largest absolute Gasteiger partial charge is 0.412 e. The van der Waals surface area contributed by atoms with Gasteiger partial charge in [-0.3, -0.25) is 0 Å². The minimum absolute atomic E-state index is 0. The van der Waals surface area contributed by atoms with Gasteiger partial charge < -0.3 is 21.2 Å². The zero-order chi connectivity index (χ0) is 6.95. The Labute approximate surface area is 61.9 Å². The summed E-state index contributed by atoms with van der Waals surface area (Å²) >= 11 is 0.